The number of hydrogen-bond acceptors (Lipinski definition) is 9. The van der Waals surface area contributed by atoms with Gasteiger partial charge in [0.25, 0.3) is 5.56 Å². The molecule has 2 fully saturated rings. The molecule has 3 N–H and O–H groups in total. The molecule has 44 heavy (non-hydrogen) atoms. The predicted octanol–water partition coefficient (Wildman–Crippen LogP) is 2.59. The molecule has 0 radical (unpaired) electrons. The lowest BCUT2D eigenvalue weighted by atomic mass is 10.0. The lowest BCUT2D eigenvalue weighted by molar-refractivity contribution is -0.122. The van der Waals surface area contributed by atoms with Crippen LogP contribution in [0.15, 0.2) is 50.0 Å². The average molecular weight is 620 g/mol. The molecule has 232 valence electrons. The first-order valence-electron chi connectivity index (χ1n) is 15.4. The van der Waals surface area contributed by atoms with Crippen molar-refractivity contribution in [2.75, 3.05) is 26.3 Å². The first-order chi connectivity index (χ1) is 21.4. The zero-order valence-corrected chi connectivity index (χ0v) is 25.9. The molecule has 12 heteroatoms. The molecule has 1 aromatic carbocycles. The molecule has 3 aromatic rings. The Hall–Kier alpha value is -3.80. The molecule has 1 atom stereocenters. The van der Waals surface area contributed by atoms with Gasteiger partial charge in [0.05, 0.1) is 0 Å². The summed E-state index contributed by atoms with van der Waals surface area (Å²) >= 11 is 6.79. The van der Waals surface area contributed by atoms with Gasteiger partial charge < -0.3 is 25.2 Å². The van der Waals surface area contributed by atoms with Crippen LogP contribution < -0.4 is 32.2 Å². The lowest BCUT2D eigenvalue weighted by Gasteiger charge is -2.25. The van der Waals surface area contributed by atoms with Gasteiger partial charge in [-0.25, -0.2) is 4.99 Å². The fourth-order valence-corrected chi connectivity index (χ4v) is 6.25. The summed E-state index contributed by atoms with van der Waals surface area (Å²) in [5.41, 5.74) is 2.88. The molecule has 0 bridgehead atoms. The molecular formula is C32H38ClN7O4. The number of ether oxygens (including phenoxy) is 1. The molecule has 5 heterocycles. The fraction of sp³-hybridized carbons (Fsp3) is 0.469. The van der Waals surface area contributed by atoms with Gasteiger partial charge in [-0.3, -0.25) is 14.2 Å². The molecule has 0 spiro atoms. The molecule has 6 rings (SSSR count). The van der Waals surface area contributed by atoms with Gasteiger partial charge in [0.15, 0.2) is 0 Å². The summed E-state index contributed by atoms with van der Waals surface area (Å²) in [6.07, 6.45) is 7.21. The van der Waals surface area contributed by atoms with E-state index in [2.05, 4.69) is 39.1 Å². The van der Waals surface area contributed by atoms with Gasteiger partial charge in [-0.2, -0.15) is 4.98 Å². The van der Waals surface area contributed by atoms with Crippen LogP contribution in [-0.4, -0.2) is 59.0 Å². The van der Waals surface area contributed by atoms with E-state index in [4.69, 9.17) is 25.9 Å². The second-order valence-electron chi connectivity index (χ2n) is 11.5. The fourth-order valence-electron chi connectivity index (χ4n) is 5.97. The maximum atomic E-state index is 14.3. The Labute approximate surface area is 260 Å². The van der Waals surface area contributed by atoms with Crippen LogP contribution in [-0.2, 0) is 16.1 Å². The first-order valence-corrected chi connectivity index (χ1v) is 15.8. The number of nitrogens with zero attached hydrogens (tertiary/aromatic N) is 4. The standard InChI is InChI=1S/C32H38ClN7O4/c1-3-20-6-7-22-15-26(25-9-8-21(16-27(25)33)30-35-19(2)44-39-30)32(42)40(18-28(41)36-24-5-4-12-34-17-24)31(22)38-29(20)37-23-10-13-43-14-11-23/h7-9,15-16,23-24,34,37H,3-6,10-14,17-18H2,1-2H3,(H,36,41). The van der Waals surface area contributed by atoms with E-state index < -0.39 is 0 Å². The Bertz CT molecular complexity index is 1750. The number of aromatic nitrogens is 3. The highest BCUT2D eigenvalue weighted by molar-refractivity contribution is 6.33. The van der Waals surface area contributed by atoms with Crippen molar-refractivity contribution in [1.29, 1.82) is 0 Å². The number of fused-ring (bicyclic) bond motifs is 1. The van der Waals surface area contributed by atoms with E-state index in [1.165, 1.54) is 4.57 Å². The van der Waals surface area contributed by atoms with Crippen LogP contribution in [0.3, 0.4) is 0 Å². The molecule has 1 amide bonds. The van der Waals surface area contributed by atoms with E-state index in [0.717, 1.165) is 55.3 Å². The number of benzene rings is 1. The van der Waals surface area contributed by atoms with E-state index in [0.29, 0.717) is 65.1 Å². The zero-order valence-electron chi connectivity index (χ0n) is 25.1. The largest absolute Gasteiger partial charge is 0.381 e. The van der Waals surface area contributed by atoms with Gasteiger partial charge in [-0.15, -0.1) is 0 Å². The molecule has 3 aliphatic rings. The SMILES string of the molecule is CCC1=C(NC2CCOCC2)N=c2c(cc(-c3ccc(-c4noc(C)n4)cc3Cl)c(=O)n2CC(=O)NC2CCCNC2)=CC1. The highest BCUT2D eigenvalue weighted by Gasteiger charge is 2.22. The number of hydrogen-bond donors (Lipinski definition) is 3. The molecule has 2 aromatic heterocycles. The topological polar surface area (TPSA) is 136 Å². The van der Waals surface area contributed by atoms with Crippen LogP contribution in [0.2, 0.25) is 5.02 Å². The number of nitrogens with one attached hydrogen (secondary N) is 3. The third-order valence-electron chi connectivity index (χ3n) is 8.41. The second-order valence-corrected chi connectivity index (χ2v) is 11.9. The number of piperidine rings is 1. The Morgan fingerprint density at radius 3 is 2.70 bits per heavy atom. The molecule has 0 aliphatic carbocycles. The van der Waals surface area contributed by atoms with Gasteiger partial charge in [-0.05, 0) is 62.8 Å². The number of carbonyl (C=O) groups is 1. The van der Waals surface area contributed by atoms with Crippen LogP contribution >= 0.6 is 11.6 Å². The number of rotatable bonds is 8. The van der Waals surface area contributed by atoms with Crippen LogP contribution in [0.4, 0.5) is 0 Å². The molecule has 3 aliphatic heterocycles. The molecule has 11 nitrogen and oxygen atoms in total. The second kappa shape index (κ2) is 13.5. The van der Waals surface area contributed by atoms with Gasteiger partial charge in [0.2, 0.25) is 17.6 Å². The Kier molecular flexibility index (Phi) is 9.25. The van der Waals surface area contributed by atoms with Crippen LogP contribution in [0.25, 0.3) is 28.6 Å². The summed E-state index contributed by atoms with van der Waals surface area (Å²) in [6.45, 7) is 6.72. The number of aryl methyl sites for hydroxylation is 1. The van der Waals surface area contributed by atoms with Gasteiger partial charge in [0.1, 0.15) is 17.9 Å². The van der Waals surface area contributed by atoms with E-state index in [-0.39, 0.29) is 30.1 Å². The van der Waals surface area contributed by atoms with Gasteiger partial charge >= 0.3 is 0 Å². The molecular weight excluding hydrogens is 582 g/mol. The van der Waals surface area contributed by atoms with E-state index >= 15 is 0 Å². The van der Waals surface area contributed by atoms with Crippen LogP contribution in [0.1, 0.15) is 51.3 Å². The minimum atomic E-state index is -0.340. The van der Waals surface area contributed by atoms with Crippen molar-refractivity contribution >= 4 is 23.6 Å². The minimum Gasteiger partial charge on any atom is -0.381 e. The van der Waals surface area contributed by atoms with Gasteiger partial charge in [0, 0.05) is 65.7 Å². The smallest absolute Gasteiger partial charge is 0.260 e. The molecule has 1 unspecified atom stereocenters. The maximum absolute atomic E-state index is 14.3. The number of halogens is 1. The number of pyridine rings is 1. The number of amides is 1. The van der Waals surface area contributed by atoms with Crippen LogP contribution in [0.5, 0.6) is 0 Å². The summed E-state index contributed by atoms with van der Waals surface area (Å²) < 4.78 is 12.2. The average Bonchev–Trinajstić information content (AvgIpc) is 3.39. The number of allylic oxidation sites excluding steroid dienone is 1. The normalized spacial score (nSPS) is 19.0. The lowest BCUT2D eigenvalue weighted by Crippen LogP contribution is -2.50. The third-order valence-corrected chi connectivity index (χ3v) is 8.72. The monoisotopic (exact) mass is 619 g/mol. The van der Waals surface area contributed by atoms with E-state index in [9.17, 15) is 9.59 Å². The minimum absolute atomic E-state index is 0.0188. The van der Waals surface area contributed by atoms with Crippen molar-refractivity contribution in [3.05, 3.63) is 67.6 Å². The highest BCUT2D eigenvalue weighted by Crippen LogP contribution is 2.29. The number of carbonyl (C=O) groups excluding carboxylic acids is 1. The van der Waals surface area contributed by atoms with Crippen molar-refractivity contribution in [2.45, 2.75) is 71.0 Å². The summed E-state index contributed by atoms with van der Waals surface area (Å²) in [7, 11) is 0. The Balaban J connectivity index is 1.44. The van der Waals surface area contributed by atoms with Crippen molar-refractivity contribution in [2.24, 2.45) is 4.99 Å². The Morgan fingerprint density at radius 2 is 2.00 bits per heavy atom. The highest BCUT2D eigenvalue weighted by atomic mass is 35.5. The quantitative estimate of drug-likeness (QED) is 0.350. The van der Waals surface area contributed by atoms with Crippen molar-refractivity contribution < 1.29 is 14.1 Å². The maximum Gasteiger partial charge on any atom is 0.260 e. The van der Waals surface area contributed by atoms with Crippen molar-refractivity contribution in [3.63, 3.8) is 0 Å². The predicted molar refractivity (Wildman–Crippen MR) is 167 cm³/mol. The molecule has 0 saturated carbocycles. The third kappa shape index (κ3) is 6.64. The summed E-state index contributed by atoms with van der Waals surface area (Å²) in [5, 5.41) is 15.2. The first kappa shape index (κ1) is 30.2. The van der Waals surface area contributed by atoms with E-state index in [1.54, 1.807) is 19.1 Å². The summed E-state index contributed by atoms with van der Waals surface area (Å²) in [6, 6.07) is 7.40. The summed E-state index contributed by atoms with van der Waals surface area (Å²) in [5.74, 6) is 1.40. The van der Waals surface area contributed by atoms with Gasteiger partial charge in [-0.1, -0.05) is 41.9 Å². The molecule has 2 saturated heterocycles. The van der Waals surface area contributed by atoms with Crippen molar-refractivity contribution in [3.8, 4) is 22.5 Å². The van der Waals surface area contributed by atoms with Crippen LogP contribution in [0, 0.1) is 6.92 Å². The Morgan fingerprint density at radius 1 is 1.16 bits per heavy atom. The summed E-state index contributed by atoms with van der Waals surface area (Å²) in [4.78, 5) is 37.0. The zero-order chi connectivity index (χ0) is 30.6. The van der Waals surface area contributed by atoms with Crippen molar-refractivity contribution in [1.82, 2.24) is 30.7 Å². The van der Waals surface area contributed by atoms with E-state index in [1.807, 2.05) is 12.1 Å².